The lowest BCUT2D eigenvalue weighted by Gasteiger charge is -2.29. The second kappa shape index (κ2) is 5.29. The lowest BCUT2D eigenvalue weighted by Crippen LogP contribution is -2.42. The molecule has 18 heavy (non-hydrogen) atoms. The Morgan fingerprint density at radius 3 is 2.39 bits per heavy atom. The predicted molar refractivity (Wildman–Crippen MR) is 75.1 cm³/mol. The van der Waals surface area contributed by atoms with Crippen LogP contribution in [0.25, 0.3) is 0 Å². The molecule has 0 spiro atoms. The molecule has 100 valence electrons. The van der Waals surface area contributed by atoms with Crippen molar-refractivity contribution >= 4 is 0 Å². The van der Waals surface area contributed by atoms with E-state index in [0.717, 1.165) is 25.3 Å². The van der Waals surface area contributed by atoms with Crippen molar-refractivity contribution in [2.75, 3.05) is 27.2 Å². The summed E-state index contributed by atoms with van der Waals surface area (Å²) in [6.45, 7) is 6.31. The molecular formula is C15H24N2O. The fourth-order valence-electron chi connectivity index (χ4n) is 2.71. The maximum Gasteiger partial charge on any atom is 0.119 e. The molecule has 0 aliphatic carbocycles. The minimum atomic E-state index is 0.102. The maximum atomic E-state index is 5.69. The number of nitrogens with one attached hydrogen (secondary N) is 1. The highest BCUT2D eigenvalue weighted by atomic mass is 16.5. The van der Waals surface area contributed by atoms with Crippen LogP contribution in [-0.2, 0) is 5.54 Å². The number of hydrogen-bond donors (Lipinski definition) is 1. The second-order valence-corrected chi connectivity index (χ2v) is 5.51. The van der Waals surface area contributed by atoms with E-state index in [-0.39, 0.29) is 11.6 Å². The Kier molecular flexibility index (Phi) is 3.93. The van der Waals surface area contributed by atoms with Gasteiger partial charge in [0.2, 0.25) is 0 Å². The van der Waals surface area contributed by atoms with Gasteiger partial charge >= 0.3 is 0 Å². The number of nitrogens with zero attached hydrogens (tertiary/aromatic N) is 1. The van der Waals surface area contributed by atoms with E-state index in [0.29, 0.717) is 0 Å². The molecule has 1 fully saturated rings. The molecule has 1 aliphatic heterocycles. The molecular weight excluding hydrogens is 224 g/mol. The van der Waals surface area contributed by atoms with Crippen LogP contribution in [0.3, 0.4) is 0 Å². The van der Waals surface area contributed by atoms with Crippen LogP contribution in [-0.4, -0.2) is 38.2 Å². The molecule has 3 nitrogen and oxygen atoms in total. The first-order chi connectivity index (χ1) is 8.55. The Morgan fingerprint density at radius 1 is 1.28 bits per heavy atom. The van der Waals surface area contributed by atoms with Crippen LogP contribution in [0.2, 0.25) is 0 Å². The maximum absolute atomic E-state index is 5.69. The van der Waals surface area contributed by atoms with Gasteiger partial charge in [-0.05, 0) is 52.1 Å². The summed E-state index contributed by atoms with van der Waals surface area (Å²) < 4.78 is 5.69. The first kappa shape index (κ1) is 13.4. The van der Waals surface area contributed by atoms with Crippen molar-refractivity contribution < 1.29 is 4.74 Å². The highest BCUT2D eigenvalue weighted by Gasteiger charge is 2.36. The fraction of sp³-hybridized carbons (Fsp3) is 0.600. The van der Waals surface area contributed by atoms with Crippen LogP contribution < -0.4 is 10.1 Å². The van der Waals surface area contributed by atoms with Crippen LogP contribution in [0.15, 0.2) is 24.3 Å². The molecule has 0 aromatic heterocycles. The lowest BCUT2D eigenvalue weighted by molar-refractivity contribution is 0.242. The molecule has 0 saturated carbocycles. The third-order valence-electron chi connectivity index (χ3n) is 3.72. The molecule has 3 heteroatoms. The average Bonchev–Trinajstić information content (AvgIpc) is 2.72. The van der Waals surface area contributed by atoms with E-state index in [1.807, 2.05) is 0 Å². The summed E-state index contributed by atoms with van der Waals surface area (Å²) in [5, 5.41) is 3.50. The molecule has 0 radical (unpaired) electrons. The molecule has 1 unspecified atom stereocenters. The first-order valence-corrected chi connectivity index (χ1v) is 6.70. The van der Waals surface area contributed by atoms with Crippen molar-refractivity contribution in [2.24, 2.45) is 0 Å². The summed E-state index contributed by atoms with van der Waals surface area (Å²) >= 11 is 0. The summed E-state index contributed by atoms with van der Waals surface area (Å²) in [6.07, 6.45) is 1.39. The van der Waals surface area contributed by atoms with Gasteiger partial charge in [-0.1, -0.05) is 12.1 Å². The molecule has 0 bridgehead atoms. The molecule has 1 aliphatic rings. The van der Waals surface area contributed by atoms with Gasteiger partial charge in [0, 0.05) is 13.1 Å². The second-order valence-electron chi connectivity index (χ2n) is 5.51. The van der Waals surface area contributed by atoms with Gasteiger partial charge in [0.15, 0.2) is 0 Å². The zero-order valence-electron chi connectivity index (χ0n) is 11.9. The van der Waals surface area contributed by atoms with Gasteiger partial charge in [-0.3, -0.25) is 0 Å². The molecule has 1 aromatic carbocycles. The molecule has 1 atom stereocenters. The molecule has 2 rings (SSSR count). The highest BCUT2D eigenvalue weighted by Crippen LogP contribution is 2.32. The minimum absolute atomic E-state index is 0.102. The molecule has 1 aromatic rings. The van der Waals surface area contributed by atoms with Crippen LogP contribution in [0.5, 0.6) is 5.75 Å². The largest absolute Gasteiger partial charge is 0.491 e. The highest BCUT2D eigenvalue weighted by molar-refractivity contribution is 5.33. The van der Waals surface area contributed by atoms with Gasteiger partial charge < -0.3 is 15.0 Å². The molecule has 0 amide bonds. The fourth-order valence-corrected chi connectivity index (χ4v) is 2.71. The van der Waals surface area contributed by atoms with Crippen LogP contribution >= 0.6 is 0 Å². The number of hydrogen-bond acceptors (Lipinski definition) is 3. The lowest BCUT2D eigenvalue weighted by atomic mass is 9.89. The number of benzene rings is 1. The topological polar surface area (TPSA) is 24.5 Å². The number of ether oxygens (including phenoxy) is 1. The molecule has 1 N–H and O–H groups in total. The quantitative estimate of drug-likeness (QED) is 0.884. The normalized spacial score (nSPS) is 24.7. The summed E-state index contributed by atoms with van der Waals surface area (Å²) in [5.74, 6) is 0.950. The minimum Gasteiger partial charge on any atom is -0.491 e. The number of rotatable bonds is 4. The van der Waals surface area contributed by atoms with Crippen molar-refractivity contribution in [3.8, 4) is 5.75 Å². The van der Waals surface area contributed by atoms with Crippen molar-refractivity contribution in [3.63, 3.8) is 0 Å². The van der Waals surface area contributed by atoms with E-state index in [1.165, 1.54) is 5.56 Å². The van der Waals surface area contributed by atoms with Crippen LogP contribution in [0.4, 0.5) is 0 Å². The van der Waals surface area contributed by atoms with Gasteiger partial charge in [-0.25, -0.2) is 0 Å². The van der Waals surface area contributed by atoms with Gasteiger partial charge in [0.25, 0.3) is 0 Å². The van der Waals surface area contributed by atoms with Crippen molar-refractivity contribution in [2.45, 2.75) is 31.9 Å². The molecule has 1 heterocycles. The van der Waals surface area contributed by atoms with Crippen molar-refractivity contribution in [1.82, 2.24) is 10.2 Å². The Hall–Kier alpha value is -1.06. The summed E-state index contributed by atoms with van der Waals surface area (Å²) in [6, 6.07) is 8.53. The van der Waals surface area contributed by atoms with Crippen LogP contribution in [0.1, 0.15) is 25.8 Å². The van der Waals surface area contributed by atoms with Crippen molar-refractivity contribution in [1.29, 1.82) is 0 Å². The Labute approximate surface area is 110 Å². The number of likely N-dealkylation sites (N-methyl/N-ethyl adjacent to an activating group) is 2. The standard InChI is InChI=1S/C15H24N2O/c1-12(2)18-14-7-5-13(6-8-14)15(16-3)9-10-17(4)11-15/h5-8,12,16H,9-11H2,1-4H3. The van der Waals surface area contributed by atoms with Crippen LogP contribution in [0, 0.1) is 0 Å². The summed E-state index contributed by atoms with van der Waals surface area (Å²) in [5.41, 5.74) is 1.45. The van der Waals surface area contributed by atoms with Gasteiger partial charge in [-0.15, -0.1) is 0 Å². The average molecular weight is 248 g/mol. The zero-order chi connectivity index (χ0) is 13.2. The summed E-state index contributed by atoms with van der Waals surface area (Å²) in [7, 11) is 4.23. The van der Waals surface area contributed by atoms with Gasteiger partial charge in [0.05, 0.1) is 11.6 Å². The number of likely N-dealkylation sites (tertiary alicyclic amines) is 1. The Balaban J connectivity index is 2.17. The van der Waals surface area contributed by atoms with Gasteiger partial charge in [0.1, 0.15) is 5.75 Å². The SMILES string of the molecule is CNC1(c2ccc(OC(C)C)cc2)CCN(C)C1. The molecule has 1 saturated heterocycles. The zero-order valence-corrected chi connectivity index (χ0v) is 11.9. The van der Waals surface area contributed by atoms with E-state index in [4.69, 9.17) is 4.74 Å². The summed E-state index contributed by atoms with van der Waals surface area (Å²) in [4.78, 5) is 2.37. The third kappa shape index (κ3) is 2.68. The van der Waals surface area contributed by atoms with E-state index >= 15 is 0 Å². The van der Waals surface area contributed by atoms with E-state index < -0.39 is 0 Å². The third-order valence-corrected chi connectivity index (χ3v) is 3.72. The Bertz CT molecular complexity index is 388. The first-order valence-electron chi connectivity index (χ1n) is 6.70. The Morgan fingerprint density at radius 2 is 1.94 bits per heavy atom. The predicted octanol–water partition coefficient (Wildman–Crippen LogP) is 2.22. The van der Waals surface area contributed by atoms with Crippen molar-refractivity contribution in [3.05, 3.63) is 29.8 Å². The van der Waals surface area contributed by atoms with E-state index in [1.54, 1.807) is 0 Å². The monoisotopic (exact) mass is 248 g/mol. The smallest absolute Gasteiger partial charge is 0.119 e. The van der Waals surface area contributed by atoms with E-state index in [9.17, 15) is 0 Å². The van der Waals surface area contributed by atoms with Gasteiger partial charge in [-0.2, -0.15) is 0 Å². The van der Waals surface area contributed by atoms with E-state index in [2.05, 4.69) is 62.4 Å².